The summed E-state index contributed by atoms with van der Waals surface area (Å²) in [6, 6.07) is 0. The molecular weight excluding hydrogens is 144 g/mol. The molecule has 2 N–H and O–H groups in total. The topological polar surface area (TPSA) is 64.7 Å². The number of aliphatic imine (C=N–C) groups is 1. The molecule has 0 aromatic rings. The van der Waals surface area contributed by atoms with Crippen LogP contribution in [0.3, 0.4) is 0 Å². The predicted molar refractivity (Wildman–Crippen MR) is 41.2 cm³/mol. The molecule has 1 atom stereocenters. The van der Waals surface area contributed by atoms with Gasteiger partial charge in [-0.2, -0.15) is 0 Å². The molecule has 1 heterocycles. The van der Waals surface area contributed by atoms with E-state index < -0.39 is 0 Å². The van der Waals surface area contributed by atoms with Crippen LogP contribution in [-0.4, -0.2) is 25.5 Å². The molecule has 0 saturated heterocycles. The zero-order valence-electron chi connectivity index (χ0n) is 6.54. The molecule has 1 rings (SSSR count). The third-order valence-corrected chi connectivity index (χ3v) is 1.80. The molecule has 0 saturated carbocycles. The highest BCUT2D eigenvalue weighted by Crippen LogP contribution is 2.13. The summed E-state index contributed by atoms with van der Waals surface area (Å²) >= 11 is 0. The Morgan fingerprint density at radius 1 is 1.82 bits per heavy atom. The maximum Gasteiger partial charge on any atom is 0.310 e. The average molecular weight is 156 g/mol. The molecule has 0 unspecified atom stereocenters. The van der Waals surface area contributed by atoms with Gasteiger partial charge in [-0.05, 0) is 6.42 Å². The Kier molecular flexibility index (Phi) is 2.46. The summed E-state index contributed by atoms with van der Waals surface area (Å²) in [5, 5.41) is 0. The van der Waals surface area contributed by atoms with Crippen LogP contribution in [0.25, 0.3) is 0 Å². The van der Waals surface area contributed by atoms with Gasteiger partial charge in [-0.3, -0.25) is 9.79 Å². The quantitative estimate of drug-likeness (QED) is 0.540. The summed E-state index contributed by atoms with van der Waals surface area (Å²) in [7, 11) is 1.39. The van der Waals surface area contributed by atoms with Crippen LogP contribution >= 0.6 is 0 Å². The highest BCUT2D eigenvalue weighted by Gasteiger charge is 2.21. The first-order valence-corrected chi connectivity index (χ1v) is 3.60. The average Bonchev–Trinajstić information content (AvgIpc) is 2.05. The molecule has 0 aliphatic carbocycles. The number of ether oxygens (including phenoxy) is 1. The van der Waals surface area contributed by atoms with Crippen LogP contribution in [-0.2, 0) is 9.53 Å². The molecule has 0 amide bonds. The first-order chi connectivity index (χ1) is 5.24. The van der Waals surface area contributed by atoms with E-state index in [1.807, 2.05) is 0 Å². The van der Waals surface area contributed by atoms with E-state index in [9.17, 15) is 4.79 Å². The minimum Gasteiger partial charge on any atom is -0.469 e. The number of nitrogens with two attached hydrogens (primary N) is 1. The van der Waals surface area contributed by atoms with E-state index in [0.717, 1.165) is 6.42 Å². The third-order valence-electron chi connectivity index (χ3n) is 1.80. The molecule has 1 aliphatic rings. The van der Waals surface area contributed by atoms with Crippen LogP contribution in [0.4, 0.5) is 0 Å². The van der Waals surface area contributed by atoms with Crippen LogP contribution in [0.15, 0.2) is 4.99 Å². The molecular formula is C7H12N2O2. The van der Waals surface area contributed by atoms with Crippen molar-refractivity contribution < 1.29 is 9.53 Å². The normalized spacial score (nSPS) is 24.1. The van der Waals surface area contributed by atoms with Crippen molar-refractivity contribution >= 4 is 11.8 Å². The van der Waals surface area contributed by atoms with Crippen molar-refractivity contribution in [1.82, 2.24) is 0 Å². The molecule has 4 nitrogen and oxygen atoms in total. The van der Waals surface area contributed by atoms with Gasteiger partial charge in [-0.25, -0.2) is 0 Å². The van der Waals surface area contributed by atoms with Gasteiger partial charge < -0.3 is 10.5 Å². The molecule has 11 heavy (non-hydrogen) atoms. The first-order valence-electron chi connectivity index (χ1n) is 3.60. The molecule has 1 aliphatic heterocycles. The van der Waals surface area contributed by atoms with Crippen molar-refractivity contribution in [1.29, 1.82) is 0 Å². The summed E-state index contributed by atoms with van der Waals surface area (Å²) < 4.78 is 4.58. The number of esters is 1. The Morgan fingerprint density at radius 2 is 2.55 bits per heavy atom. The lowest BCUT2D eigenvalue weighted by atomic mass is 10.0. The van der Waals surface area contributed by atoms with Crippen molar-refractivity contribution in [2.45, 2.75) is 12.8 Å². The highest BCUT2D eigenvalue weighted by atomic mass is 16.5. The lowest BCUT2D eigenvalue weighted by Gasteiger charge is -2.16. The van der Waals surface area contributed by atoms with E-state index in [0.29, 0.717) is 18.8 Å². The highest BCUT2D eigenvalue weighted by molar-refractivity contribution is 5.83. The van der Waals surface area contributed by atoms with Crippen LogP contribution < -0.4 is 5.73 Å². The molecule has 0 spiro atoms. The van der Waals surface area contributed by atoms with Crippen LogP contribution in [0.1, 0.15) is 12.8 Å². The molecule has 0 fully saturated rings. The largest absolute Gasteiger partial charge is 0.469 e. The van der Waals surface area contributed by atoms with Crippen molar-refractivity contribution in [3.63, 3.8) is 0 Å². The minimum absolute atomic E-state index is 0.0766. The van der Waals surface area contributed by atoms with Gasteiger partial charge in [-0.15, -0.1) is 0 Å². The second-order valence-electron chi connectivity index (χ2n) is 2.59. The molecule has 0 bridgehead atoms. The van der Waals surface area contributed by atoms with Crippen LogP contribution in [0.2, 0.25) is 0 Å². The number of rotatable bonds is 1. The molecule has 4 heteroatoms. The van der Waals surface area contributed by atoms with Gasteiger partial charge in [0.05, 0.1) is 25.4 Å². The smallest absolute Gasteiger partial charge is 0.310 e. The molecule has 62 valence electrons. The Balaban J connectivity index is 2.47. The second kappa shape index (κ2) is 3.37. The van der Waals surface area contributed by atoms with Crippen molar-refractivity contribution in [2.24, 2.45) is 16.6 Å². The predicted octanol–water partition coefficient (Wildman–Crippen LogP) is -0.0734. The molecule has 0 aromatic carbocycles. The number of amidine groups is 1. The Morgan fingerprint density at radius 3 is 3.00 bits per heavy atom. The summed E-state index contributed by atoms with van der Waals surface area (Å²) in [6.07, 6.45) is 1.47. The van der Waals surface area contributed by atoms with Gasteiger partial charge in [0, 0.05) is 6.42 Å². The Hall–Kier alpha value is -1.06. The van der Waals surface area contributed by atoms with Gasteiger partial charge in [0.1, 0.15) is 0 Å². The zero-order valence-corrected chi connectivity index (χ0v) is 6.54. The summed E-state index contributed by atoms with van der Waals surface area (Å²) in [5.41, 5.74) is 5.44. The molecule has 0 radical (unpaired) electrons. The van der Waals surface area contributed by atoms with E-state index in [1.54, 1.807) is 0 Å². The number of hydrogen-bond donors (Lipinski definition) is 1. The van der Waals surface area contributed by atoms with Gasteiger partial charge in [-0.1, -0.05) is 0 Å². The number of hydrogen-bond acceptors (Lipinski definition) is 4. The fourth-order valence-corrected chi connectivity index (χ4v) is 1.08. The lowest BCUT2D eigenvalue weighted by Crippen LogP contribution is -2.27. The van der Waals surface area contributed by atoms with E-state index in [-0.39, 0.29) is 11.9 Å². The standard InChI is InChI=1S/C7H12N2O2/c1-11-7(10)5-2-3-6(8)9-4-5/h5H,2-4H2,1H3,(H2,8,9)/t5-/m0/s1. The fourth-order valence-electron chi connectivity index (χ4n) is 1.08. The van der Waals surface area contributed by atoms with Gasteiger partial charge >= 0.3 is 5.97 Å². The summed E-state index contributed by atoms with van der Waals surface area (Å²) in [6.45, 7) is 0.485. The van der Waals surface area contributed by atoms with Crippen molar-refractivity contribution in [3.8, 4) is 0 Å². The Labute approximate surface area is 65.4 Å². The van der Waals surface area contributed by atoms with E-state index in [4.69, 9.17) is 5.73 Å². The van der Waals surface area contributed by atoms with Crippen LogP contribution in [0, 0.1) is 5.92 Å². The summed E-state index contributed by atoms with van der Waals surface area (Å²) in [5.74, 6) is 0.388. The lowest BCUT2D eigenvalue weighted by molar-refractivity contribution is -0.145. The van der Waals surface area contributed by atoms with Gasteiger partial charge in [0.2, 0.25) is 0 Å². The number of nitrogens with zero attached hydrogens (tertiary/aromatic N) is 1. The number of carbonyl (C=O) groups excluding carboxylic acids is 1. The first kappa shape index (κ1) is 8.04. The monoisotopic (exact) mass is 156 g/mol. The number of methoxy groups -OCH3 is 1. The summed E-state index contributed by atoms with van der Waals surface area (Å²) in [4.78, 5) is 14.9. The van der Waals surface area contributed by atoms with E-state index in [1.165, 1.54) is 7.11 Å². The van der Waals surface area contributed by atoms with Gasteiger partial charge in [0.15, 0.2) is 0 Å². The maximum absolute atomic E-state index is 10.9. The minimum atomic E-state index is -0.179. The SMILES string of the molecule is COC(=O)[C@H]1CCC(N)=NC1. The van der Waals surface area contributed by atoms with Crippen LogP contribution in [0.5, 0.6) is 0 Å². The fraction of sp³-hybridized carbons (Fsp3) is 0.714. The van der Waals surface area contributed by atoms with E-state index in [2.05, 4.69) is 9.73 Å². The third kappa shape index (κ3) is 1.93. The maximum atomic E-state index is 10.9. The second-order valence-corrected chi connectivity index (χ2v) is 2.59. The van der Waals surface area contributed by atoms with E-state index >= 15 is 0 Å². The molecule has 0 aromatic heterocycles. The van der Waals surface area contributed by atoms with Crippen molar-refractivity contribution in [2.75, 3.05) is 13.7 Å². The van der Waals surface area contributed by atoms with Crippen molar-refractivity contribution in [3.05, 3.63) is 0 Å². The number of carbonyl (C=O) groups is 1. The Bertz CT molecular complexity index is 189. The van der Waals surface area contributed by atoms with Gasteiger partial charge in [0.25, 0.3) is 0 Å². The zero-order chi connectivity index (χ0) is 8.27.